The number of esters is 1. The van der Waals surface area contributed by atoms with Gasteiger partial charge in [0.15, 0.2) is 5.96 Å². The second-order valence-corrected chi connectivity index (χ2v) is 6.89. The van der Waals surface area contributed by atoms with E-state index >= 15 is 0 Å². The van der Waals surface area contributed by atoms with Crippen LogP contribution in [0.2, 0.25) is 10.0 Å². The maximum absolute atomic E-state index is 11.8. The van der Waals surface area contributed by atoms with Gasteiger partial charge in [-0.25, -0.2) is 0 Å². The molecule has 1 saturated heterocycles. The Labute approximate surface area is 176 Å². The van der Waals surface area contributed by atoms with E-state index in [1.165, 1.54) is 7.11 Å². The van der Waals surface area contributed by atoms with Gasteiger partial charge < -0.3 is 15.0 Å². The Hall–Kier alpha value is -0.730. The molecule has 0 aromatic heterocycles. The first-order valence-electron chi connectivity index (χ1n) is 7.93. The molecule has 0 aliphatic carbocycles. The van der Waals surface area contributed by atoms with Crippen molar-refractivity contribution in [2.45, 2.75) is 13.3 Å². The fourth-order valence-corrected chi connectivity index (χ4v) is 3.58. The molecule has 2 atom stereocenters. The summed E-state index contributed by atoms with van der Waals surface area (Å²) in [6, 6.07) is 5.53. The van der Waals surface area contributed by atoms with Crippen molar-refractivity contribution in [2.24, 2.45) is 16.8 Å². The van der Waals surface area contributed by atoms with Crippen LogP contribution in [-0.4, -0.2) is 50.6 Å². The highest BCUT2D eigenvalue weighted by molar-refractivity contribution is 14.0. The monoisotopic (exact) mass is 499 g/mol. The molecule has 0 spiro atoms. The highest BCUT2D eigenvalue weighted by atomic mass is 127. The molecule has 1 aliphatic rings. The number of ether oxygens (including phenoxy) is 1. The molecule has 0 bridgehead atoms. The maximum atomic E-state index is 11.8. The summed E-state index contributed by atoms with van der Waals surface area (Å²) in [5.41, 5.74) is 1.07. The number of halogens is 3. The van der Waals surface area contributed by atoms with Gasteiger partial charge in [0.1, 0.15) is 0 Å². The number of carbonyl (C=O) groups excluding carboxylic acids is 1. The molecule has 5 nitrogen and oxygen atoms in total. The molecule has 0 radical (unpaired) electrons. The minimum Gasteiger partial charge on any atom is -0.469 e. The third-order valence-electron chi connectivity index (χ3n) is 4.25. The molecule has 2 rings (SSSR count). The maximum Gasteiger partial charge on any atom is 0.310 e. The minimum absolute atomic E-state index is 0. The van der Waals surface area contributed by atoms with E-state index in [0.29, 0.717) is 23.1 Å². The topological polar surface area (TPSA) is 53.9 Å². The Morgan fingerprint density at radius 1 is 1.32 bits per heavy atom. The van der Waals surface area contributed by atoms with Crippen LogP contribution < -0.4 is 5.32 Å². The number of rotatable bonds is 4. The van der Waals surface area contributed by atoms with Gasteiger partial charge in [0.05, 0.1) is 13.0 Å². The summed E-state index contributed by atoms with van der Waals surface area (Å²) in [4.78, 5) is 18.2. The van der Waals surface area contributed by atoms with Gasteiger partial charge >= 0.3 is 5.97 Å². The summed E-state index contributed by atoms with van der Waals surface area (Å²) in [7, 11) is 3.18. The lowest BCUT2D eigenvalue weighted by Crippen LogP contribution is -2.41. The third-order valence-corrected chi connectivity index (χ3v) is 4.68. The number of hydrogen-bond donors (Lipinski definition) is 1. The van der Waals surface area contributed by atoms with Crippen molar-refractivity contribution in [2.75, 3.05) is 33.8 Å². The molecule has 1 aliphatic heterocycles. The molecule has 1 aromatic carbocycles. The summed E-state index contributed by atoms with van der Waals surface area (Å²) < 4.78 is 4.88. The molecule has 25 heavy (non-hydrogen) atoms. The van der Waals surface area contributed by atoms with Crippen LogP contribution in [0.15, 0.2) is 23.2 Å². The SMILES string of the molecule is CN=C(NCCc1cc(Cl)cc(Cl)c1)N1CC(C)C(C(=O)OC)C1.I. The largest absolute Gasteiger partial charge is 0.469 e. The minimum atomic E-state index is -0.158. The normalized spacial score (nSPS) is 20.2. The van der Waals surface area contributed by atoms with E-state index in [1.807, 2.05) is 12.1 Å². The number of aliphatic imine (C=N–C) groups is 1. The molecule has 0 amide bonds. The lowest BCUT2D eigenvalue weighted by Gasteiger charge is -2.21. The fourth-order valence-electron chi connectivity index (χ4n) is 3.00. The summed E-state index contributed by atoms with van der Waals surface area (Å²) in [6.07, 6.45) is 0.781. The van der Waals surface area contributed by atoms with E-state index in [1.54, 1.807) is 13.1 Å². The lowest BCUT2D eigenvalue weighted by molar-refractivity contribution is -0.145. The van der Waals surface area contributed by atoms with E-state index in [2.05, 4.69) is 22.1 Å². The van der Waals surface area contributed by atoms with Crippen molar-refractivity contribution in [1.82, 2.24) is 10.2 Å². The molecule has 1 heterocycles. The predicted molar refractivity (Wildman–Crippen MR) is 113 cm³/mol. The lowest BCUT2D eigenvalue weighted by atomic mass is 9.99. The highest BCUT2D eigenvalue weighted by Gasteiger charge is 2.36. The summed E-state index contributed by atoms with van der Waals surface area (Å²) in [6.45, 7) is 4.17. The van der Waals surface area contributed by atoms with Crippen LogP contribution >= 0.6 is 47.2 Å². The van der Waals surface area contributed by atoms with Gasteiger partial charge in [-0.3, -0.25) is 9.79 Å². The first-order valence-corrected chi connectivity index (χ1v) is 8.68. The number of benzene rings is 1. The Bertz CT molecular complexity index is 608. The van der Waals surface area contributed by atoms with Crippen molar-refractivity contribution < 1.29 is 9.53 Å². The summed E-state index contributed by atoms with van der Waals surface area (Å²) in [5, 5.41) is 4.61. The predicted octanol–water partition coefficient (Wildman–Crippen LogP) is 3.47. The Balaban J connectivity index is 0.00000312. The fraction of sp³-hybridized carbons (Fsp3) is 0.529. The van der Waals surface area contributed by atoms with Gasteiger partial charge in [0.25, 0.3) is 0 Å². The molecule has 2 unspecified atom stereocenters. The van der Waals surface area contributed by atoms with Crippen molar-refractivity contribution in [3.8, 4) is 0 Å². The average molecular weight is 500 g/mol. The van der Waals surface area contributed by atoms with Crippen LogP contribution in [0.5, 0.6) is 0 Å². The second kappa shape index (κ2) is 10.4. The Morgan fingerprint density at radius 2 is 1.96 bits per heavy atom. The standard InChI is InChI=1S/C17H23Cl2N3O2.HI/c1-11-9-22(10-15(11)16(23)24-3)17(20-2)21-5-4-12-6-13(18)8-14(19)7-12;/h6-8,11,15H,4-5,9-10H2,1-3H3,(H,20,21);1H. The molecular formula is C17H24Cl2IN3O2. The molecule has 1 fully saturated rings. The number of guanidine groups is 1. The average Bonchev–Trinajstić information content (AvgIpc) is 2.91. The summed E-state index contributed by atoms with van der Waals surface area (Å²) >= 11 is 12.0. The first kappa shape index (κ1) is 22.3. The van der Waals surface area contributed by atoms with E-state index in [0.717, 1.165) is 24.5 Å². The molecule has 0 saturated carbocycles. The van der Waals surface area contributed by atoms with Gasteiger partial charge in [0, 0.05) is 36.7 Å². The zero-order valence-corrected chi connectivity index (χ0v) is 18.4. The first-order chi connectivity index (χ1) is 11.4. The van der Waals surface area contributed by atoms with E-state index in [4.69, 9.17) is 27.9 Å². The Kier molecular flexibility index (Phi) is 9.30. The number of likely N-dealkylation sites (tertiary alicyclic amines) is 1. The van der Waals surface area contributed by atoms with Crippen molar-refractivity contribution in [3.05, 3.63) is 33.8 Å². The van der Waals surface area contributed by atoms with Crippen LogP contribution in [0, 0.1) is 11.8 Å². The number of nitrogens with zero attached hydrogens (tertiary/aromatic N) is 2. The van der Waals surface area contributed by atoms with Gasteiger partial charge in [-0.1, -0.05) is 30.1 Å². The van der Waals surface area contributed by atoms with E-state index in [-0.39, 0.29) is 41.8 Å². The van der Waals surface area contributed by atoms with Gasteiger partial charge in [-0.05, 0) is 36.1 Å². The van der Waals surface area contributed by atoms with Crippen molar-refractivity contribution in [3.63, 3.8) is 0 Å². The summed E-state index contributed by atoms with van der Waals surface area (Å²) in [5.74, 6) is 0.762. The number of hydrogen-bond acceptors (Lipinski definition) is 3. The van der Waals surface area contributed by atoms with Crippen LogP contribution in [0.3, 0.4) is 0 Å². The molecular weight excluding hydrogens is 476 g/mol. The Morgan fingerprint density at radius 3 is 2.52 bits per heavy atom. The van der Waals surface area contributed by atoms with Crippen LogP contribution in [-0.2, 0) is 16.0 Å². The van der Waals surface area contributed by atoms with Crippen molar-refractivity contribution in [1.29, 1.82) is 0 Å². The number of nitrogens with one attached hydrogen (secondary N) is 1. The van der Waals surface area contributed by atoms with E-state index < -0.39 is 0 Å². The van der Waals surface area contributed by atoms with Gasteiger partial charge in [-0.2, -0.15) is 0 Å². The second-order valence-electron chi connectivity index (χ2n) is 6.01. The zero-order valence-electron chi connectivity index (χ0n) is 14.6. The highest BCUT2D eigenvalue weighted by Crippen LogP contribution is 2.24. The zero-order chi connectivity index (χ0) is 17.7. The molecule has 140 valence electrons. The van der Waals surface area contributed by atoms with Crippen LogP contribution in [0.1, 0.15) is 12.5 Å². The van der Waals surface area contributed by atoms with Crippen LogP contribution in [0.4, 0.5) is 0 Å². The van der Waals surface area contributed by atoms with Gasteiger partial charge in [0.2, 0.25) is 0 Å². The van der Waals surface area contributed by atoms with E-state index in [9.17, 15) is 4.79 Å². The number of carbonyl (C=O) groups is 1. The molecule has 1 N–H and O–H groups in total. The third kappa shape index (κ3) is 6.18. The smallest absolute Gasteiger partial charge is 0.310 e. The van der Waals surface area contributed by atoms with Crippen molar-refractivity contribution >= 4 is 59.1 Å². The molecule has 8 heteroatoms. The van der Waals surface area contributed by atoms with Crippen LogP contribution in [0.25, 0.3) is 0 Å². The van der Waals surface area contributed by atoms with Gasteiger partial charge in [-0.15, -0.1) is 24.0 Å². The molecule has 1 aromatic rings. The number of methoxy groups -OCH3 is 1. The quantitative estimate of drug-likeness (QED) is 0.298.